The molecule has 2 heterocycles. The minimum absolute atomic E-state index is 0.0278. The van der Waals surface area contributed by atoms with E-state index in [0.717, 1.165) is 27.6 Å². The van der Waals surface area contributed by atoms with Gasteiger partial charge < -0.3 is 5.11 Å². The van der Waals surface area contributed by atoms with Crippen molar-refractivity contribution in [2.24, 2.45) is 0 Å². The number of thiazole rings is 1. The summed E-state index contributed by atoms with van der Waals surface area (Å²) in [6.45, 7) is 6.28. The maximum absolute atomic E-state index is 11.2. The number of aliphatic carboxylic acids is 1. The largest absolute Gasteiger partial charge is 0.481 e. The van der Waals surface area contributed by atoms with Gasteiger partial charge in [0.05, 0.1) is 17.8 Å². The predicted octanol–water partition coefficient (Wildman–Crippen LogP) is 4.12. The van der Waals surface area contributed by atoms with Crippen LogP contribution in [0.2, 0.25) is 0 Å². The molecule has 0 fully saturated rings. The van der Waals surface area contributed by atoms with E-state index < -0.39 is 5.97 Å². The lowest BCUT2D eigenvalue weighted by atomic mass is 10.00. The molecular formula is C17H18N2O2S. The Morgan fingerprint density at radius 1 is 1.32 bits per heavy atom. The highest BCUT2D eigenvalue weighted by Crippen LogP contribution is 2.29. The summed E-state index contributed by atoms with van der Waals surface area (Å²) in [4.78, 5) is 16.7. The van der Waals surface area contributed by atoms with Crippen molar-refractivity contribution in [3.63, 3.8) is 0 Å². The smallest absolute Gasteiger partial charge is 0.309 e. The molecule has 4 nitrogen and oxygen atoms in total. The molecule has 0 unspecified atom stereocenters. The molecule has 0 atom stereocenters. The number of benzene rings is 1. The lowest BCUT2D eigenvalue weighted by Crippen LogP contribution is -2.05. The molecule has 0 amide bonds. The summed E-state index contributed by atoms with van der Waals surface area (Å²) in [5, 5.41) is 11.2. The molecule has 0 aliphatic rings. The molecular weight excluding hydrogens is 296 g/mol. The molecule has 3 rings (SSSR count). The van der Waals surface area contributed by atoms with Gasteiger partial charge >= 0.3 is 5.97 Å². The van der Waals surface area contributed by atoms with Gasteiger partial charge in [0.15, 0.2) is 4.96 Å². The number of hydrogen-bond donors (Lipinski definition) is 1. The van der Waals surface area contributed by atoms with E-state index in [1.54, 1.807) is 0 Å². The molecule has 114 valence electrons. The number of nitrogens with zero attached hydrogens (tertiary/aromatic N) is 2. The summed E-state index contributed by atoms with van der Waals surface area (Å²) in [5.41, 5.74) is 4.77. The quantitative estimate of drug-likeness (QED) is 0.788. The third kappa shape index (κ3) is 2.52. The fraction of sp³-hybridized carbons (Fsp3) is 0.294. The highest BCUT2D eigenvalue weighted by molar-refractivity contribution is 7.15. The molecule has 0 radical (unpaired) electrons. The molecule has 0 bridgehead atoms. The Balaban J connectivity index is 2.14. The van der Waals surface area contributed by atoms with Crippen LogP contribution in [0.15, 0.2) is 29.6 Å². The first-order chi connectivity index (χ1) is 10.5. The number of carboxylic acids is 1. The van der Waals surface area contributed by atoms with E-state index >= 15 is 0 Å². The lowest BCUT2D eigenvalue weighted by molar-refractivity contribution is -0.136. The van der Waals surface area contributed by atoms with E-state index in [1.165, 1.54) is 16.9 Å². The first-order valence-electron chi connectivity index (χ1n) is 7.25. The summed E-state index contributed by atoms with van der Waals surface area (Å²) >= 11 is 1.54. The van der Waals surface area contributed by atoms with Crippen LogP contribution in [-0.2, 0) is 11.2 Å². The summed E-state index contributed by atoms with van der Waals surface area (Å²) in [5.74, 6) is -0.368. The highest BCUT2D eigenvalue weighted by Gasteiger charge is 2.19. The Kier molecular flexibility index (Phi) is 3.74. The van der Waals surface area contributed by atoms with Gasteiger partial charge in [-0.15, -0.1) is 11.3 Å². The average molecular weight is 314 g/mol. The van der Waals surface area contributed by atoms with Gasteiger partial charge in [0.1, 0.15) is 0 Å². The van der Waals surface area contributed by atoms with E-state index in [4.69, 9.17) is 0 Å². The van der Waals surface area contributed by atoms with Gasteiger partial charge in [0.25, 0.3) is 0 Å². The zero-order valence-electron chi connectivity index (χ0n) is 12.8. The molecule has 5 heteroatoms. The Labute approximate surface area is 133 Å². The van der Waals surface area contributed by atoms with Crippen molar-refractivity contribution in [3.05, 3.63) is 46.6 Å². The second-order valence-corrected chi connectivity index (χ2v) is 6.59. The Bertz CT molecular complexity index is 828. The number of aromatic nitrogens is 2. The molecule has 0 saturated heterocycles. The predicted molar refractivity (Wildman–Crippen MR) is 88.7 cm³/mol. The van der Waals surface area contributed by atoms with E-state index in [0.29, 0.717) is 5.92 Å². The molecule has 22 heavy (non-hydrogen) atoms. The van der Waals surface area contributed by atoms with Crippen LogP contribution in [-0.4, -0.2) is 20.5 Å². The van der Waals surface area contributed by atoms with Gasteiger partial charge in [-0.1, -0.05) is 38.1 Å². The zero-order valence-corrected chi connectivity index (χ0v) is 13.6. The van der Waals surface area contributed by atoms with Gasteiger partial charge in [-0.05, 0) is 18.4 Å². The van der Waals surface area contributed by atoms with Crippen molar-refractivity contribution in [2.45, 2.75) is 33.1 Å². The lowest BCUT2D eigenvalue weighted by Gasteiger charge is -2.07. The number of rotatable bonds is 4. The van der Waals surface area contributed by atoms with E-state index in [-0.39, 0.29) is 6.42 Å². The van der Waals surface area contributed by atoms with Gasteiger partial charge in [-0.2, -0.15) is 0 Å². The second kappa shape index (κ2) is 5.57. The Morgan fingerprint density at radius 3 is 2.59 bits per heavy atom. The van der Waals surface area contributed by atoms with Crippen molar-refractivity contribution in [1.82, 2.24) is 9.38 Å². The van der Waals surface area contributed by atoms with E-state index in [1.807, 2.05) is 28.8 Å². The number of carboxylic acid groups (broad SMARTS) is 1. The standard InChI is InChI=1S/C17H18N2O2S/c1-10(2)12-4-6-13(7-5-12)16-14(8-15(20)21)19-11(3)9-22-17(19)18-16/h4-7,9-10H,8H2,1-3H3,(H,20,21). The number of fused-ring (bicyclic) bond motifs is 1. The van der Waals surface area contributed by atoms with Gasteiger partial charge in [-0.3, -0.25) is 9.20 Å². The van der Waals surface area contributed by atoms with Crippen LogP contribution < -0.4 is 0 Å². The average Bonchev–Trinajstić information content (AvgIpc) is 3.00. The van der Waals surface area contributed by atoms with Crippen molar-refractivity contribution >= 4 is 22.3 Å². The highest BCUT2D eigenvalue weighted by atomic mass is 32.1. The van der Waals surface area contributed by atoms with Crippen LogP contribution in [0, 0.1) is 6.92 Å². The van der Waals surface area contributed by atoms with E-state index in [2.05, 4.69) is 31.0 Å². The second-order valence-electron chi connectivity index (χ2n) is 5.75. The van der Waals surface area contributed by atoms with Crippen LogP contribution >= 0.6 is 11.3 Å². The van der Waals surface area contributed by atoms with Crippen LogP contribution in [0.4, 0.5) is 0 Å². The van der Waals surface area contributed by atoms with Crippen LogP contribution in [0.5, 0.6) is 0 Å². The normalized spacial score (nSPS) is 11.5. The summed E-state index contributed by atoms with van der Waals surface area (Å²) < 4.78 is 1.95. The number of hydrogen-bond acceptors (Lipinski definition) is 3. The van der Waals surface area contributed by atoms with Crippen molar-refractivity contribution in [1.29, 1.82) is 0 Å². The topological polar surface area (TPSA) is 54.6 Å². The Hall–Kier alpha value is -2.14. The number of aryl methyl sites for hydroxylation is 1. The molecule has 0 saturated carbocycles. The first-order valence-corrected chi connectivity index (χ1v) is 8.13. The SMILES string of the molecule is Cc1csc2nc(-c3ccc(C(C)C)cc3)c(CC(=O)O)n12. The van der Waals surface area contributed by atoms with Crippen LogP contribution in [0.25, 0.3) is 16.2 Å². The minimum atomic E-state index is -0.840. The summed E-state index contributed by atoms with van der Waals surface area (Å²) in [7, 11) is 0. The van der Waals surface area contributed by atoms with Crippen molar-refractivity contribution in [2.75, 3.05) is 0 Å². The monoisotopic (exact) mass is 314 g/mol. The van der Waals surface area contributed by atoms with E-state index in [9.17, 15) is 9.90 Å². The molecule has 0 spiro atoms. The minimum Gasteiger partial charge on any atom is -0.481 e. The Morgan fingerprint density at radius 2 is 2.00 bits per heavy atom. The third-order valence-electron chi connectivity index (χ3n) is 3.80. The molecule has 3 aromatic rings. The van der Waals surface area contributed by atoms with Crippen LogP contribution in [0.1, 0.15) is 36.7 Å². The molecule has 0 aliphatic carbocycles. The first kappa shape index (κ1) is 14.8. The summed E-state index contributed by atoms with van der Waals surface area (Å²) in [6, 6.07) is 8.24. The maximum Gasteiger partial charge on any atom is 0.309 e. The fourth-order valence-corrected chi connectivity index (χ4v) is 3.51. The summed E-state index contributed by atoms with van der Waals surface area (Å²) in [6.07, 6.45) is -0.0278. The molecule has 1 N–H and O–H groups in total. The number of carbonyl (C=O) groups is 1. The molecule has 2 aromatic heterocycles. The van der Waals surface area contributed by atoms with Gasteiger partial charge in [0, 0.05) is 16.6 Å². The molecule has 0 aliphatic heterocycles. The van der Waals surface area contributed by atoms with Crippen LogP contribution in [0.3, 0.4) is 0 Å². The van der Waals surface area contributed by atoms with Crippen molar-refractivity contribution < 1.29 is 9.90 Å². The fourth-order valence-electron chi connectivity index (χ4n) is 2.63. The maximum atomic E-state index is 11.2. The third-order valence-corrected chi connectivity index (χ3v) is 4.74. The number of imidazole rings is 1. The van der Waals surface area contributed by atoms with Gasteiger partial charge in [0.2, 0.25) is 0 Å². The zero-order chi connectivity index (χ0) is 15.9. The molecule has 1 aromatic carbocycles. The van der Waals surface area contributed by atoms with Crippen molar-refractivity contribution in [3.8, 4) is 11.3 Å². The van der Waals surface area contributed by atoms with Gasteiger partial charge in [-0.25, -0.2) is 4.98 Å².